The molecular formula is C23H21N4OS2. The molecule has 0 fully saturated rings. The van der Waals surface area contributed by atoms with Gasteiger partial charge in [0.25, 0.3) is 0 Å². The molecule has 3 aromatic heterocycles. The van der Waals surface area contributed by atoms with Gasteiger partial charge in [-0.05, 0) is 59.7 Å². The number of pyridine rings is 1. The highest BCUT2D eigenvalue weighted by atomic mass is 32.1. The maximum Gasteiger partial charge on any atom is 0.224 e. The minimum absolute atomic E-state index is 0.111. The summed E-state index contributed by atoms with van der Waals surface area (Å²) >= 11 is 3.23. The normalized spacial score (nSPS) is 11.9. The molecule has 151 valence electrons. The van der Waals surface area contributed by atoms with E-state index in [1.807, 2.05) is 53.2 Å². The lowest BCUT2D eigenvalue weighted by Crippen LogP contribution is -2.30. The summed E-state index contributed by atoms with van der Waals surface area (Å²) < 4.78 is 0. The summed E-state index contributed by atoms with van der Waals surface area (Å²) in [5.74, 6) is -0.111. The fraction of sp³-hybridized carbons (Fsp3) is 0.130. The number of rotatable bonds is 8. The molecule has 0 saturated heterocycles. The first-order valence-corrected chi connectivity index (χ1v) is 11.3. The van der Waals surface area contributed by atoms with Crippen LogP contribution in [0.4, 0.5) is 5.69 Å². The van der Waals surface area contributed by atoms with Crippen molar-refractivity contribution < 1.29 is 4.79 Å². The molecule has 30 heavy (non-hydrogen) atoms. The van der Waals surface area contributed by atoms with Gasteiger partial charge >= 0.3 is 0 Å². The number of hydrogen-bond acceptors (Lipinski definition) is 6. The third kappa shape index (κ3) is 5.31. The minimum atomic E-state index is -0.214. The van der Waals surface area contributed by atoms with Crippen LogP contribution in [0, 0.1) is 6.42 Å². The zero-order valence-corrected chi connectivity index (χ0v) is 17.8. The van der Waals surface area contributed by atoms with Crippen LogP contribution in [0.5, 0.6) is 0 Å². The molecule has 4 rings (SSSR count). The molecule has 1 amide bonds. The molecule has 3 heterocycles. The number of nitrogen functional groups attached to an aromatic ring is 1. The summed E-state index contributed by atoms with van der Waals surface area (Å²) in [6.45, 7) is 0. The quantitative estimate of drug-likeness (QED) is 0.395. The van der Waals surface area contributed by atoms with Gasteiger partial charge in [-0.2, -0.15) is 0 Å². The number of carbonyl (C=O) groups is 1. The number of thiophene rings is 1. The predicted molar refractivity (Wildman–Crippen MR) is 123 cm³/mol. The van der Waals surface area contributed by atoms with E-state index in [0.29, 0.717) is 12.8 Å². The molecule has 0 bridgehead atoms. The van der Waals surface area contributed by atoms with Crippen molar-refractivity contribution in [2.24, 2.45) is 0 Å². The Morgan fingerprint density at radius 2 is 1.87 bits per heavy atom. The fourth-order valence-electron chi connectivity index (χ4n) is 3.03. The van der Waals surface area contributed by atoms with Crippen molar-refractivity contribution in [3.05, 3.63) is 94.2 Å². The standard InChI is InChI=1S/C23H21N4OS2/c24-18-6-3-17(4-7-18)14-19(23-27-20(15-30-23)21-2-1-13-29-21)26-22(28)8-5-16-9-11-25-12-10-16/h1-4,6-13,15,19H,5,14,24H2,(H,26,28)/t19-/m0/s1. The van der Waals surface area contributed by atoms with E-state index in [1.54, 1.807) is 41.5 Å². The first-order valence-electron chi connectivity index (χ1n) is 9.54. The second kappa shape index (κ2) is 9.65. The van der Waals surface area contributed by atoms with E-state index in [4.69, 9.17) is 10.7 Å². The lowest BCUT2D eigenvalue weighted by molar-refractivity contribution is -0.118. The van der Waals surface area contributed by atoms with Gasteiger partial charge in [0.15, 0.2) is 0 Å². The Morgan fingerprint density at radius 1 is 1.07 bits per heavy atom. The number of nitrogens with two attached hydrogens (primary N) is 1. The van der Waals surface area contributed by atoms with Crippen LogP contribution in [-0.2, 0) is 17.6 Å². The minimum Gasteiger partial charge on any atom is -0.399 e. The smallest absolute Gasteiger partial charge is 0.224 e. The molecule has 4 aromatic rings. The highest BCUT2D eigenvalue weighted by molar-refractivity contribution is 7.14. The van der Waals surface area contributed by atoms with Gasteiger partial charge < -0.3 is 11.1 Å². The Hall–Kier alpha value is -3.03. The molecule has 7 heteroatoms. The molecule has 1 radical (unpaired) electrons. The molecule has 5 nitrogen and oxygen atoms in total. The van der Waals surface area contributed by atoms with Crippen LogP contribution in [0.1, 0.15) is 22.2 Å². The zero-order chi connectivity index (χ0) is 20.8. The van der Waals surface area contributed by atoms with E-state index in [1.165, 1.54) is 0 Å². The maximum absolute atomic E-state index is 12.7. The molecule has 1 atom stereocenters. The summed E-state index contributed by atoms with van der Waals surface area (Å²) in [4.78, 5) is 22.6. The van der Waals surface area contributed by atoms with Crippen LogP contribution in [0.2, 0.25) is 0 Å². The van der Waals surface area contributed by atoms with Crippen molar-refractivity contribution >= 4 is 34.3 Å². The number of aromatic nitrogens is 2. The third-order valence-corrected chi connectivity index (χ3v) is 6.45. The van der Waals surface area contributed by atoms with Gasteiger partial charge in [0, 0.05) is 23.5 Å². The molecule has 0 spiro atoms. The number of hydrogen-bond donors (Lipinski definition) is 2. The molecule has 0 aliphatic rings. The highest BCUT2D eigenvalue weighted by Gasteiger charge is 2.20. The molecular weight excluding hydrogens is 412 g/mol. The summed E-state index contributed by atoms with van der Waals surface area (Å²) in [5, 5.41) is 8.11. The summed E-state index contributed by atoms with van der Waals surface area (Å²) in [6, 6.07) is 15.4. The SMILES string of the molecule is Nc1ccc(C[C@H](NC(=O)[CH]Cc2ccncc2)c2nc(-c3cccs3)cs2)cc1. The van der Waals surface area contributed by atoms with E-state index in [-0.39, 0.29) is 11.9 Å². The van der Waals surface area contributed by atoms with Gasteiger partial charge in [-0.1, -0.05) is 18.2 Å². The predicted octanol–water partition coefficient (Wildman–Crippen LogP) is 4.70. The van der Waals surface area contributed by atoms with Crippen molar-refractivity contribution in [1.82, 2.24) is 15.3 Å². The summed E-state index contributed by atoms with van der Waals surface area (Å²) in [6.07, 6.45) is 6.33. The molecule has 0 saturated carbocycles. The van der Waals surface area contributed by atoms with E-state index >= 15 is 0 Å². The Kier molecular flexibility index (Phi) is 6.51. The Labute approximate surface area is 183 Å². The van der Waals surface area contributed by atoms with Crippen molar-refractivity contribution in [2.75, 3.05) is 5.73 Å². The second-order valence-electron chi connectivity index (χ2n) is 6.82. The largest absolute Gasteiger partial charge is 0.399 e. The van der Waals surface area contributed by atoms with Gasteiger partial charge in [-0.3, -0.25) is 9.78 Å². The van der Waals surface area contributed by atoms with Crippen LogP contribution in [0.15, 0.2) is 71.7 Å². The number of carbonyl (C=O) groups excluding carboxylic acids is 1. The lowest BCUT2D eigenvalue weighted by Gasteiger charge is -2.17. The number of thiazole rings is 1. The highest BCUT2D eigenvalue weighted by Crippen LogP contribution is 2.30. The summed E-state index contributed by atoms with van der Waals surface area (Å²) in [5.41, 5.74) is 9.62. The second-order valence-corrected chi connectivity index (χ2v) is 8.66. The molecule has 0 aliphatic heterocycles. The number of benzene rings is 1. The molecule has 0 unspecified atom stereocenters. The van der Waals surface area contributed by atoms with Crippen LogP contribution in [0.25, 0.3) is 10.6 Å². The maximum atomic E-state index is 12.7. The van der Waals surface area contributed by atoms with Crippen molar-refractivity contribution in [3.63, 3.8) is 0 Å². The van der Waals surface area contributed by atoms with Gasteiger partial charge in [-0.25, -0.2) is 4.98 Å². The Bertz CT molecular complexity index is 1080. The Balaban J connectivity index is 1.49. The van der Waals surface area contributed by atoms with E-state index < -0.39 is 0 Å². The zero-order valence-electron chi connectivity index (χ0n) is 16.2. The fourth-order valence-corrected chi connectivity index (χ4v) is 4.67. The van der Waals surface area contributed by atoms with E-state index in [2.05, 4.69) is 16.4 Å². The summed E-state index contributed by atoms with van der Waals surface area (Å²) in [7, 11) is 0. The van der Waals surface area contributed by atoms with Gasteiger partial charge in [0.1, 0.15) is 5.01 Å². The van der Waals surface area contributed by atoms with Crippen LogP contribution >= 0.6 is 22.7 Å². The molecule has 1 aromatic carbocycles. The van der Waals surface area contributed by atoms with E-state index in [9.17, 15) is 4.79 Å². The average Bonchev–Trinajstić information content (AvgIpc) is 3.46. The average molecular weight is 434 g/mol. The number of anilines is 1. The van der Waals surface area contributed by atoms with Crippen LogP contribution < -0.4 is 11.1 Å². The lowest BCUT2D eigenvalue weighted by atomic mass is 10.1. The first kappa shape index (κ1) is 20.3. The number of nitrogens with one attached hydrogen (secondary N) is 1. The first-order chi connectivity index (χ1) is 14.7. The van der Waals surface area contributed by atoms with Crippen molar-refractivity contribution in [3.8, 4) is 10.6 Å². The van der Waals surface area contributed by atoms with Crippen LogP contribution in [-0.4, -0.2) is 15.9 Å². The van der Waals surface area contributed by atoms with Gasteiger partial charge in [-0.15, -0.1) is 22.7 Å². The van der Waals surface area contributed by atoms with Gasteiger partial charge in [0.05, 0.1) is 23.0 Å². The van der Waals surface area contributed by atoms with Crippen LogP contribution in [0.3, 0.4) is 0 Å². The molecule has 0 aliphatic carbocycles. The topological polar surface area (TPSA) is 80.9 Å². The third-order valence-electron chi connectivity index (χ3n) is 4.60. The van der Waals surface area contributed by atoms with E-state index in [0.717, 1.165) is 32.4 Å². The Morgan fingerprint density at radius 3 is 2.60 bits per heavy atom. The molecule has 3 N–H and O–H groups in total. The number of nitrogens with zero attached hydrogens (tertiary/aromatic N) is 2. The van der Waals surface area contributed by atoms with Gasteiger partial charge in [0.2, 0.25) is 5.91 Å². The monoisotopic (exact) mass is 433 g/mol. The van der Waals surface area contributed by atoms with Crippen molar-refractivity contribution in [2.45, 2.75) is 18.9 Å². The number of amides is 1. The van der Waals surface area contributed by atoms with Crippen molar-refractivity contribution in [1.29, 1.82) is 0 Å².